The van der Waals surface area contributed by atoms with Crippen LogP contribution in [0, 0.1) is 10.1 Å². The summed E-state index contributed by atoms with van der Waals surface area (Å²) in [5.74, 6) is -0.522. The molecule has 0 aromatic heterocycles. The molecule has 0 bridgehead atoms. The average molecular weight is 352 g/mol. The highest BCUT2D eigenvalue weighted by molar-refractivity contribution is 9.09. The van der Waals surface area contributed by atoms with Crippen molar-refractivity contribution in [3.63, 3.8) is 0 Å². The zero-order chi connectivity index (χ0) is 14.3. The number of benzene rings is 1. The van der Waals surface area contributed by atoms with Crippen molar-refractivity contribution in [3.8, 4) is 0 Å². The minimum Gasteiger partial charge on any atom is -0.379 e. The summed E-state index contributed by atoms with van der Waals surface area (Å²) in [7, 11) is 0. The Bertz CT molecular complexity index is 470. The van der Waals surface area contributed by atoms with Gasteiger partial charge in [-0.25, -0.2) is 0 Å². The topological polar surface area (TPSA) is 81.5 Å². The van der Waals surface area contributed by atoms with Crippen molar-refractivity contribution in [2.75, 3.05) is 25.1 Å². The van der Waals surface area contributed by atoms with Gasteiger partial charge in [0.1, 0.15) is 5.56 Å². The Morgan fingerprint density at radius 3 is 2.84 bits per heavy atom. The van der Waals surface area contributed by atoms with Crippen molar-refractivity contribution in [1.82, 2.24) is 5.32 Å². The third-order valence-electron chi connectivity index (χ3n) is 2.15. The molecule has 19 heavy (non-hydrogen) atoms. The van der Waals surface area contributed by atoms with E-state index in [0.717, 1.165) is 6.07 Å². The molecule has 1 aromatic rings. The van der Waals surface area contributed by atoms with Crippen molar-refractivity contribution in [2.45, 2.75) is 0 Å². The molecule has 0 radical (unpaired) electrons. The van der Waals surface area contributed by atoms with Crippen molar-refractivity contribution in [1.29, 1.82) is 0 Å². The van der Waals surface area contributed by atoms with Crippen LogP contribution in [0.1, 0.15) is 10.4 Å². The van der Waals surface area contributed by atoms with Crippen molar-refractivity contribution >= 4 is 39.1 Å². The number of carbonyl (C=O) groups is 1. The van der Waals surface area contributed by atoms with Crippen LogP contribution in [0.4, 0.5) is 5.69 Å². The molecule has 1 amide bonds. The smallest absolute Gasteiger partial charge is 0.283 e. The normalized spacial score (nSPS) is 10.2. The highest BCUT2D eigenvalue weighted by atomic mass is 79.9. The summed E-state index contributed by atoms with van der Waals surface area (Å²) in [6, 6.07) is 3.91. The van der Waals surface area contributed by atoms with Gasteiger partial charge in [0.15, 0.2) is 0 Å². The lowest BCUT2D eigenvalue weighted by Gasteiger charge is -2.06. The Labute approximate surface area is 123 Å². The molecule has 1 rings (SSSR count). The highest BCUT2D eigenvalue weighted by Crippen LogP contribution is 2.22. The predicted octanol–water partition coefficient (Wildman–Crippen LogP) is 2.39. The molecule has 1 N–H and O–H groups in total. The number of alkyl halides is 1. The molecule has 0 aliphatic carbocycles. The summed E-state index contributed by atoms with van der Waals surface area (Å²) in [5, 5.41) is 14.3. The molecule has 0 aliphatic rings. The Balaban J connectivity index is 2.64. The van der Waals surface area contributed by atoms with Gasteiger partial charge in [-0.2, -0.15) is 0 Å². The molecule has 0 saturated heterocycles. The maximum atomic E-state index is 11.8. The number of nitrogens with zero attached hydrogens (tertiary/aromatic N) is 1. The zero-order valence-corrected chi connectivity index (χ0v) is 12.2. The van der Waals surface area contributed by atoms with Crippen LogP contribution in [0.15, 0.2) is 18.2 Å². The number of ether oxygens (including phenoxy) is 1. The standard InChI is InChI=1S/C11H12BrClN2O4/c12-3-5-19-6-4-14-11(16)9-2-1-8(13)7-10(9)15(17)18/h1-2,7H,3-6H2,(H,14,16). The molecule has 104 valence electrons. The molecule has 0 saturated carbocycles. The van der Waals surface area contributed by atoms with E-state index >= 15 is 0 Å². The van der Waals surface area contributed by atoms with Gasteiger partial charge in [-0.15, -0.1) is 0 Å². The largest absolute Gasteiger partial charge is 0.379 e. The summed E-state index contributed by atoms with van der Waals surface area (Å²) in [4.78, 5) is 22.0. The number of nitro groups is 1. The summed E-state index contributed by atoms with van der Waals surface area (Å²) in [5.41, 5.74) is -0.332. The zero-order valence-electron chi connectivity index (χ0n) is 9.90. The van der Waals surface area contributed by atoms with Gasteiger partial charge in [0.25, 0.3) is 11.6 Å². The average Bonchev–Trinajstić information content (AvgIpc) is 2.38. The number of carbonyl (C=O) groups excluding carboxylic acids is 1. The lowest BCUT2D eigenvalue weighted by atomic mass is 10.1. The van der Waals surface area contributed by atoms with Gasteiger partial charge in [0.2, 0.25) is 0 Å². The molecule has 0 spiro atoms. The van der Waals surface area contributed by atoms with E-state index in [9.17, 15) is 14.9 Å². The van der Waals surface area contributed by atoms with Crippen molar-refractivity contribution in [3.05, 3.63) is 38.9 Å². The van der Waals surface area contributed by atoms with Crippen molar-refractivity contribution in [2.24, 2.45) is 0 Å². The number of hydrogen-bond acceptors (Lipinski definition) is 4. The molecule has 6 nitrogen and oxygen atoms in total. The van der Waals surface area contributed by atoms with E-state index in [4.69, 9.17) is 16.3 Å². The van der Waals surface area contributed by atoms with E-state index in [1.54, 1.807) is 0 Å². The Hall–Kier alpha value is -1.18. The Morgan fingerprint density at radius 1 is 1.47 bits per heavy atom. The van der Waals surface area contributed by atoms with Crippen LogP contribution < -0.4 is 5.32 Å². The first kappa shape index (κ1) is 15.9. The minimum absolute atomic E-state index is 0.0186. The highest BCUT2D eigenvalue weighted by Gasteiger charge is 2.20. The van der Waals surface area contributed by atoms with Gasteiger partial charge < -0.3 is 10.1 Å². The van der Waals surface area contributed by atoms with E-state index < -0.39 is 10.8 Å². The quantitative estimate of drug-likeness (QED) is 0.354. The first-order valence-electron chi connectivity index (χ1n) is 5.42. The van der Waals surface area contributed by atoms with Crippen LogP contribution in [-0.4, -0.2) is 35.9 Å². The number of rotatable bonds is 7. The van der Waals surface area contributed by atoms with E-state index in [-0.39, 0.29) is 22.8 Å². The lowest BCUT2D eigenvalue weighted by Crippen LogP contribution is -2.28. The summed E-state index contributed by atoms with van der Waals surface area (Å²) >= 11 is 8.87. The van der Waals surface area contributed by atoms with Crippen LogP contribution >= 0.6 is 27.5 Å². The first-order chi connectivity index (χ1) is 9.06. The molecule has 0 aliphatic heterocycles. The number of nitrogens with one attached hydrogen (secondary N) is 1. The minimum atomic E-state index is -0.637. The third kappa shape index (κ3) is 5.14. The van der Waals surface area contributed by atoms with E-state index in [2.05, 4.69) is 21.2 Å². The van der Waals surface area contributed by atoms with Crippen LogP contribution in [-0.2, 0) is 4.74 Å². The molecular formula is C11H12BrClN2O4. The number of nitro benzene ring substituents is 1. The molecular weight excluding hydrogens is 339 g/mol. The molecule has 0 unspecified atom stereocenters. The number of halogens is 2. The van der Waals surface area contributed by atoms with Gasteiger partial charge in [0, 0.05) is 23.0 Å². The fourth-order valence-electron chi connectivity index (χ4n) is 1.34. The third-order valence-corrected chi connectivity index (χ3v) is 2.71. The van der Waals surface area contributed by atoms with Gasteiger partial charge in [-0.05, 0) is 12.1 Å². The molecule has 0 atom stereocenters. The second-order valence-electron chi connectivity index (χ2n) is 3.48. The van der Waals surface area contributed by atoms with Crippen LogP contribution in [0.2, 0.25) is 5.02 Å². The molecule has 1 aromatic carbocycles. The van der Waals surface area contributed by atoms with Crippen LogP contribution in [0.25, 0.3) is 0 Å². The lowest BCUT2D eigenvalue weighted by molar-refractivity contribution is -0.385. The van der Waals surface area contributed by atoms with Gasteiger partial charge >= 0.3 is 0 Å². The first-order valence-corrected chi connectivity index (χ1v) is 6.92. The summed E-state index contributed by atoms with van der Waals surface area (Å²) in [6.07, 6.45) is 0. The molecule has 0 heterocycles. The van der Waals surface area contributed by atoms with E-state index in [1.165, 1.54) is 12.1 Å². The fraction of sp³-hybridized carbons (Fsp3) is 0.364. The monoisotopic (exact) mass is 350 g/mol. The number of amides is 1. The van der Waals surface area contributed by atoms with Crippen LogP contribution in [0.3, 0.4) is 0 Å². The summed E-state index contributed by atoms with van der Waals surface area (Å²) < 4.78 is 5.15. The summed E-state index contributed by atoms with van der Waals surface area (Å²) in [6.45, 7) is 1.17. The maximum Gasteiger partial charge on any atom is 0.283 e. The number of hydrogen-bond donors (Lipinski definition) is 1. The SMILES string of the molecule is O=C(NCCOCCBr)c1ccc(Cl)cc1[N+](=O)[O-]. The molecule has 0 fully saturated rings. The van der Waals surface area contributed by atoms with E-state index in [0.29, 0.717) is 18.5 Å². The predicted molar refractivity (Wildman–Crippen MR) is 75.1 cm³/mol. The fourth-order valence-corrected chi connectivity index (χ4v) is 1.73. The second-order valence-corrected chi connectivity index (χ2v) is 4.71. The maximum absolute atomic E-state index is 11.8. The molecule has 8 heteroatoms. The second kappa shape index (κ2) is 8.08. The van der Waals surface area contributed by atoms with Gasteiger partial charge in [0.05, 0.1) is 18.1 Å². The van der Waals surface area contributed by atoms with Gasteiger partial charge in [-0.3, -0.25) is 14.9 Å². The van der Waals surface area contributed by atoms with Crippen LogP contribution in [0.5, 0.6) is 0 Å². The van der Waals surface area contributed by atoms with Crippen molar-refractivity contribution < 1.29 is 14.5 Å². The van der Waals surface area contributed by atoms with E-state index in [1.807, 2.05) is 0 Å². The van der Waals surface area contributed by atoms with Gasteiger partial charge in [-0.1, -0.05) is 27.5 Å². The Morgan fingerprint density at radius 2 is 2.21 bits per heavy atom. The Kier molecular flexibility index (Phi) is 6.75.